The van der Waals surface area contributed by atoms with E-state index in [-0.39, 0.29) is 46.9 Å². The van der Waals surface area contributed by atoms with Crippen LogP contribution in [-0.2, 0) is 10.8 Å². The van der Waals surface area contributed by atoms with E-state index in [1.807, 2.05) is 13.8 Å². The maximum atomic E-state index is 12.1. The Morgan fingerprint density at radius 3 is 2.59 bits per heavy atom. The van der Waals surface area contributed by atoms with Crippen LogP contribution in [0.25, 0.3) is 0 Å². The third-order valence-electron chi connectivity index (χ3n) is 4.76. The maximum Gasteiger partial charge on any atom is 0.251 e. The molecule has 1 aliphatic rings. The molecule has 4 N–H and O–H groups in total. The number of benzene rings is 1. The fourth-order valence-corrected chi connectivity index (χ4v) is 4.66. The van der Waals surface area contributed by atoms with Crippen LogP contribution < -0.4 is 16.0 Å². The van der Waals surface area contributed by atoms with E-state index in [4.69, 9.17) is 0 Å². The number of phenolic OH excluding ortho intramolecular Hbond substituents is 1. The molecule has 7 nitrogen and oxygen atoms in total. The predicted molar refractivity (Wildman–Crippen MR) is 130 cm³/mol. The first-order valence-corrected chi connectivity index (χ1v) is 11.4. The minimum Gasteiger partial charge on any atom is -0.508 e. The highest BCUT2D eigenvalue weighted by Gasteiger charge is 2.26. The van der Waals surface area contributed by atoms with Crippen molar-refractivity contribution in [2.75, 3.05) is 25.4 Å². The Labute approximate surface area is 193 Å². The van der Waals surface area contributed by atoms with Gasteiger partial charge in [0.1, 0.15) is 5.75 Å². The molecular weight excluding hydrogens is 503 g/mol. The van der Waals surface area contributed by atoms with Crippen LogP contribution in [0.15, 0.2) is 29.3 Å². The lowest BCUT2D eigenvalue weighted by Crippen LogP contribution is -2.47. The lowest BCUT2D eigenvalue weighted by molar-refractivity contribution is 0.0955. The van der Waals surface area contributed by atoms with E-state index in [1.165, 1.54) is 12.1 Å². The molecule has 3 atom stereocenters. The molecule has 164 valence electrons. The smallest absolute Gasteiger partial charge is 0.251 e. The fraction of sp³-hybridized carbons (Fsp3) is 0.600. The molecule has 0 bridgehead atoms. The van der Waals surface area contributed by atoms with Gasteiger partial charge in [0.2, 0.25) is 0 Å². The van der Waals surface area contributed by atoms with Crippen LogP contribution in [0.4, 0.5) is 0 Å². The van der Waals surface area contributed by atoms with Crippen LogP contribution in [0.2, 0.25) is 0 Å². The van der Waals surface area contributed by atoms with Crippen molar-refractivity contribution in [3.63, 3.8) is 0 Å². The molecule has 0 radical (unpaired) electrons. The first kappa shape index (κ1) is 25.7. The van der Waals surface area contributed by atoms with Gasteiger partial charge in [-0.05, 0) is 50.5 Å². The summed E-state index contributed by atoms with van der Waals surface area (Å²) in [7, 11) is -0.748. The zero-order valence-corrected chi connectivity index (χ0v) is 20.3. The molecule has 1 aromatic rings. The summed E-state index contributed by atoms with van der Waals surface area (Å²) < 4.78 is 12.1. The predicted octanol–water partition coefficient (Wildman–Crippen LogP) is 2.37. The molecular formula is C20H33IN4O3S. The number of phenols is 1. The van der Waals surface area contributed by atoms with E-state index >= 15 is 0 Å². The van der Waals surface area contributed by atoms with E-state index < -0.39 is 10.8 Å². The van der Waals surface area contributed by atoms with Gasteiger partial charge in [-0.3, -0.25) is 14.0 Å². The lowest BCUT2D eigenvalue weighted by atomic mass is 9.95. The molecule has 1 aromatic carbocycles. The number of aromatic hydroxyl groups is 1. The van der Waals surface area contributed by atoms with Gasteiger partial charge in [0, 0.05) is 46.5 Å². The van der Waals surface area contributed by atoms with E-state index in [1.54, 1.807) is 12.1 Å². The zero-order chi connectivity index (χ0) is 20.4. The van der Waals surface area contributed by atoms with Gasteiger partial charge in [-0.2, -0.15) is 0 Å². The Morgan fingerprint density at radius 2 is 1.93 bits per heavy atom. The third-order valence-corrected chi connectivity index (χ3v) is 6.50. The summed E-state index contributed by atoms with van der Waals surface area (Å²) in [5, 5.41) is 19.1. The van der Waals surface area contributed by atoms with Gasteiger partial charge in [-0.1, -0.05) is 13.3 Å². The van der Waals surface area contributed by atoms with E-state index in [9.17, 15) is 14.1 Å². The monoisotopic (exact) mass is 536 g/mol. The van der Waals surface area contributed by atoms with Crippen LogP contribution in [0.5, 0.6) is 5.75 Å². The van der Waals surface area contributed by atoms with Crippen molar-refractivity contribution < 1.29 is 14.1 Å². The molecule has 1 fully saturated rings. The number of aliphatic imine (C=N–C) groups is 1. The second kappa shape index (κ2) is 13.8. The molecule has 0 saturated heterocycles. The number of carbonyl (C=O) groups is 1. The number of halogens is 1. The molecule has 9 heteroatoms. The fourth-order valence-electron chi connectivity index (χ4n) is 3.32. The van der Waals surface area contributed by atoms with E-state index in [2.05, 4.69) is 20.9 Å². The first-order chi connectivity index (χ1) is 13.5. The Hall–Kier alpha value is -1.36. The second-order valence-electron chi connectivity index (χ2n) is 6.86. The molecule has 29 heavy (non-hydrogen) atoms. The standard InChI is InChI=1S/C20H32N4O3S.HI/c1-3-21-20(24-16-6-5-7-18(14-16)28(27)4-2)23-13-12-22-19(26)15-8-10-17(25)11-9-15;/h8-11,16,18,25H,3-7,12-14H2,1-2H3,(H,22,26)(H2,21,23,24);1H. The van der Waals surface area contributed by atoms with Crippen molar-refractivity contribution >= 4 is 46.6 Å². The molecule has 1 aliphatic carbocycles. The number of carbonyl (C=O) groups excluding carboxylic acids is 1. The van der Waals surface area contributed by atoms with Crippen molar-refractivity contribution in [3.8, 4) is 5.75 Å². The zero-order valence-electron chi connectivity index (χ0n) is 17.1. The largest absolute Gasteiger partial charge is 0.508 e. The number of guanidine groups is 1. The van der Waals surface area contributed by atoms with Crippen molar-refractivity contribution in [1.29, 1.82) is 0 Å². The minimum atomic E-state index is -0.748. The Morgan fingerprint density at radius 1 is 1.21 bits per heavy atom. The van der Waals surface area contributed by atoms with Crippen molar-refractivity contribution in [3.05, 3.63) is 29.8 Å². The average molecular weight is 536 g/mol. The number of hydrogen-bond donors (Lipinski definition) is 4. The molecule has 0 aromatic heterocycles. The summed E-state index contributed by atoms with van der Waals surface area (Å²) in [5.74, 6) is 1.39. The molecule has 1 saturated carbocycles. The van der Waals surface area contributed by atoms with Crippen LogP contribution in [0.1, 0.15) is 49.9 Å². The van der Waals surface area contributed by atoms with Crippen molar-refractivity contribution in [2.45, 2.75) is 50.8 Å². The normalized spacial score (nSPS) is 20.3. The highest BCUT2D eigenvalue weighted by Crippen LogP contribution is 2.22. The molecule has 2 rings (SSSR count). The number of rotatable bonds is 8. The number of nitrogens with zero attached hydrogens (tertiary/aromatic N) is 1. The first-order valence-electron chi connectivity index (χ1n) is 10.0. The lowest BCUT2D eigenvalue weighted by Gasteiger charge is -2.30. The van der Waals surface area contributed by atoms with Gasteiger partial charge in [0.25, 0.3) is 5.91 Å². The molecule has 0 aliphatic heterocycles. The van der Waals surface area contributed by atoms with Gasteiger partial charge in [0.05, 0.1) is 6.54 Å². The SMILES string of the molecule is CCNC(=NCCNC(=O)c1ccc(O)cc1)NC1CCCC(S(=O)CC)C1.I. The average Bonchev–Trinajstić information content (AvgIpc) is 2.71. The van der Waals surface area contributed by atoms with Crippen molar-refractivity contribution in [1.82, 2.24) is 16.0 Å². The summed E-state index contributed by atoms with van der Waals surface area (Å²) in [4.78, 5) is 16.6. The van der Waals surface area contributed by atoms with Crippen LogP contribution in [-0.4, -0.2) is 57.9 Å². The van der Waals surface area contributed by atoms with E-state index in [0.717, 1.165) is 38.2 Å². The molecule has 1 amide bonds. The van der Waals surface area contributed by atoms with Crippen LogP contribution in [0.3, 0.4) is 0 Å². The van der Waals surface area contributed by atoms with Gasteiger partial charge >= 0.3 is 0 Å². The highest BCUT2D eigenvalue weighted by atomic mass is 127. The van der Waals surface area contributed by atoms with Crippen LogP contribution >= 0.6 is 24.0 Å². The number of hydrogen-bond acceptors (Lipinski definition) is 4. The van der Waals surface area contributed by atoms with Crippen molar-refractivity contribution in [2.24, 2.45) is 4.99 Å². The molecule has 3 unspecified atom stereocenters. The van der Waals surface area contributed by atoms with Crippen LogP contribution in [0, 0.1) is 0 Å². The summed E-state index contributed by atoms with van der Waals surface area (Å²) in [6.45, 7) is 5.62. The Kier molecular flexibility index (Phi) is 12.2. The topological polar surface area (TPSA) is 103 Å². The molecule has 0 heterocycles. The highest BCUT2D eigenvalue weighted by molar-refractivity contribution is 14.0. The summed E-state index contributed by atoms with van der Waals surface area (Å²) in [6, 6.07) is 6.42. The number of amides is 1. The minimum absolute atomic E-state index is 0. The third kappa shape index (κ3) is 8.90. The molecule has 0 spiro atoms. The Bertz CT molecular complexity index is 685. The summed E-state index contributed by atoms with van der Waals surface area (Å²) >= 11 is 0. The van der Waals surface area contributed by atoms with Gasteiger partial charge in [-0.25, -0.2) is 0 Å². The summed E-state index contributed by atoms with van der Waals surface area (Å²) in [5.41, 5.74) is 0.504. The Balaban J connectivity index is 0.00000420. The van der Waals surface area contributed by atoms with E-state index in [0.29, 0.717) is 24.4 Å². The summed E-state index contributed by atoms with van der Waals surface area (Å²) in [6.07, 6.45) is 4.08. The van der Waals surface area contributed by atoms with Gasteiger partial charge < -0.3 is 21.1 Å². The maximum absolute atomic E-state index is 12.1. The number of nitrogens with one attached hydrogen (secondary N) is 3. The van der Waals surface area contributed by atoms with Gasteiger partial charge in [0.15, 0.2) is 5.96 Å². The quantitative estimate of drug-likeness (QED) is 0.177. The second-order valence-corrected chi connectivity index (χ2v) is 8.87. The van der Waals surface area contributed by atoms with Gasteiger partial charge in [-0.15, -0.1) is 24.0 Å².